The number of hydrogen-bond acceptors (Lipinski definition) is 8. The fourth-order valence-corrected chi connectivity index (χ4v) is 5.14. The van der Waals surface area contributed by atoms with E-state index in [9.17, 15) is 10.1 Å². The summed E-state index contributed by atoms with van der Waals surface area (Å²) in [6, 6.07) is 6.20. The van der Waals surface area contributed by atoms with E-state index in [1.807, 2.05) is 26.8 Å². The molecule has 3 heterocycles. The van der Waals surface area contributed by atoms with Crippen molar-refractivity contribution in [3.05, 3.63) is 21.6 Å². The molecule has 2 fully saturated rings. The van der Waals surface area contributed by atoms with Crippen LogP contribution in [0.3, 0.4) is 0 Å². The van der Waals surface area contributed by atoms with Crippen LogP contribution in [0.5, 0.6) is 6.01 Å². The number of likely N-dealkylation sites (N-methyl/N-ethyl adjacent to an activating group) is 1. The molecule has 1 aromatic heterocycles. The molecule has 0 spiro atoms. The summed E-state index contributed by atoms with van der Waals surface area (Å²) >= 11 is 9.90. The van der Waals surface area contributed by atoms with Gasteiger partial charge in [-0.25, -0.2) is 4.79 Å². The van der Waals surface area contributed by atoms with Gasteiger partial charge in [-0.15, -0.1) is 0 Å². The molecule has 0 bridgehead atoms. The second kappa shape index (κ2) is 11.0. The van der Waals surface area contributed by atoms with Crippen molar-refractivity contribution in [1.82, 2.24) is 19.8 Å². The van der Waals surface area contributed by atoms with Gasteiger partial charge in [0.1, 0.15) is 18.0 Å². The van der Waals surface area contributed by atoms with Gasteiger partial charge in [0.05, 0.1) is 29.1 Å². The molecule has 0 saturated carbocycles. The van der Waals surface area contributed by atoms with Gasteiger partial charge in [0.25, 0.3) is 0 Å². The average Bonchev–Trinajstić information content (AvgIpc) is 3.22. The number of nitriles is 1. The minimum Gasteiger partial charge on any atom is -0.462 e. The summed E-state index contributed by atoms with van der Waals surface area (Å²) in [5.74, 6) is 0.693. The maximum atomic E-state index is 12.8. The van der Waals surface area contributed by atoms with Crippen molar-refractivity contribution in [3.63, 3.8) is 0 Å². The predicted octanol–water partition coefficient (Wildman–Crippen LogP) is 4.86. The average molecular weight is 580 g/mol. The highest BCUT2D eigenvalue weighted by Gasteiger charge is 2.34. The number of aromatic nitrogens is 2. The highest BCUT2D eigenvalue weighted by Crippen LogP contribution is 2.34. The number of nitrogens with zero attached hydrogens (tertiary/aromatic N) is 6. The van der Waals surface area contributed by atoms with Crippen molar-refractivity contribution in [2.24, 2.45) is 0 Å². The van der Waals surface area contributed by atoms with E-state index in [1.54, 1.807) is 11.0 Å². The number of carbonyl (C=O) groups is 1. The van der Waals surface area contributed by atoms with Gasteiger partial charge in [0.2, 0.25) is 0 Å². The quantitative estimate of drug-likeness (QED) is 0.496. The Morgan fingerprint density at radius 1 is 1.25 bits per heavy atom. The predicted molar refractivity (Wildman–Crippen MR) is 143 cm³/mol. The van der Waals surface area contributed by atoms with Crippen LogP contribution in [0.4, 0.5) is 10.6 Å². The van der Waals surface area contributed by atoms with Gasteiger partial charge in [0.15, 0.2) is 0 Å². The number of hydrogen-bond donors (Lipinski definition) is 0. The molecule has 1 amide bonds. The van der Waals surface area contributed by atoms with E-state index in [1.165, 1.54) is 0 Å². The van der Waals surface area contributed by atoms with Gasteiger partial charge in [-0.3, -0.25) is 0 Å². The first-order valence-corrected chi connectivity index (χ1v) is 13.3. The summed E-state index contributed by atoms with van der Waals surface area (Å²) in [6.45, 7) is 8.44. The van der Waals surface area contributed by atoms with Crippen molar-refractivity contribution in [2.75, 3.05) is 44.7 Å². The molecule has 9 nitrogen and oxygen atoms in total. The fourth-order valence-electron chi connectivity index (χ4n) is 4.64. The lowest BCUT2D eigenvalue weighted by molar-refractivity contribution is 0.0145. The summed E-state index contributed by atoms with van der Waals surface area (Å²) in [6.07, 6.45) is 2.01. The molecule has 2 atom stereocenters. The third-order valence-corrected chi connectivity index (χ3v) is 7.71. The van der Waals surface area contributed by atoms with E-state index in [4.69, 9.17) is 26.1 Å². The van der Waals surface area contributed by atoms with E-state index < -0.39 is 11.7 Å². The van der Waals surface area contributed by atoms with Crippen LogP contribution in [0.25, 0.3) is 10.9 Å². The number of carbonyl (C=O) groups excluding carboxylic acids is 1. The van der Waals surface area contributed by atoms with Crippen molar-refractivity contribution < 1.29 is 14.3 Å². The number of ether oxygens (including phenoxy) is 2. The monoisotopic (exact) mass is 578 g/mol. The minimum atomic E-state index is -0.612. The van der Waals surface area contributed by atoms with Crippen LogP contribution in [-0.2, 0) is 4.74 Å². The number of piperazine rings is 1. The van der Waals surface area contributed by atoms with Crippen molar-refractivity contribution in [3.8, 4) is 12.1 Å². The first kappa shape index (κ1) is 26.7. The molecule has 2 aliphatic rings. The number of benzene rings is 1. The van der Waals surface area contributed by atoms with Crippen LogP contribution >= 0.6 is 27.5 Å². The Balaban J connectivity index is 1.63. The van der Waals surface area contributed by atoms with Crippen LogP contribution in [0.15, 0.2) is 16.6 Å². The molecule has 0 N–H and O–H groups in total. The lowest BCUT2D eigenvalue weighted by Gasteiger charge is -2.41. The molecular formula is C25H32BrClN6O3. The molecule has 2 aliphatic heterocycles. The molecule has 0 aliphatic carbocycles. The zero-order chi connectivity index (χ0) is 26.0. The van der Waals surface area contributed by atoms with Crippen LogP contribution in [-0.4, -0.2) is 83.4 Å². The number of likely N-dealkylation sites (tertiary alicyclic amines) is 1. The molecule has 4 rings (SSSR count). The number of fused-ring (bicyclic) bond motifs is 1. The van der Waals surface area contributed by atoms with Gasteiger partial charge in [-0.1, -0.05) is 11.6 Å². The van der Waals surface area contributed by atoms with Crippen LogP contribution in [0.2, 0.25) is 5.02 Å². The summed E-state index contributed by atoms with van der Waals surface area (Å²) in [5, 5.41) is 10.8. The molecular weight excluding hydrogens is 548 g/mol. The maximum absolute atomic E-state index is 12.8. The highest BCUT2D eigenvalue weighted by atomic mass is 79.9. The van der Waals surface area contributed by atoms with Gasteiger partial charge in [0, 0.05) is 35.5 Å². The third kappa shape index (κ3) is 6.13. The molecule has 2 unspecified atom stereocenters. The molecule has 11 heteroatoms. The number of rotatable bonds is 5. The Labute approximate surface area is 225 Å². The minimum absolute atomic E-state index is 0.186. The van der Waals surface area contributed by atoms with E-state index in [-0.39, 0.29) is 12.5 Å². The number of amides is 1. The maximum Gasteiger partial charge on any atom is 0.410 e. The summed E-state index contributed by atoms with van der Waals surface area (Å²) in [5.41, 5.74) is 0.0637. The molecule has 0 radical (unpaired) electrons. The summed E-state index contributed by atoms with van der Waals surface area (Å²) in [7, 11) is 2.10. The topological polar surface area (TPSA) is 94.8 Å². The normalized spacial score (nSPS) is 21.0. The second-order valence-corrected chi connectivity index (χ2v) is 11.6. The van der Waals surface area contributed by atoms with E-state index in [0.29, 0.717) is 54.7 Å². The van der Waals surface area contributed by atoms with Crippen LogP contribution in [0.1, 0.15) is 40.0 Å². The summed E-state index contributed by atoms with van der Waals surface area (Å²) in [4.78, 5) is 28.3. The van der Waals surface area contributed by atoms with E-state index in [2.05, 4.69) is 43.8 Å². The Morgan fingerprint density at radius 3 is 2.69 bits per heavy atom. The Hall–Kier alpha value is -2.35. The zero-order valence-electron chi connectivity index (χ0n) is 21.1. The van der Waals surface area contributed by atoms with Gasteiger partial charge in [-0.05, 0) is 75.3 Å². The number of anilines is 1. The Bertz CT molecular complexity index is 1170. The van der Waals surface area contributed by atoms with Crippen LogP contribution in [0, 0.1) is 11.3 Å². The SMILES string of the molecule is CN1CCCC1COc1nc(N2CCN(C(=O)OC(C)(C)C)C(CC#N)C2)c2cc(Br)c(Cl)cc2n1. The van der Waals surface area contributed by atoms with Crippen molar-refractivity contribution in [1.29, 1.82) is 5.26 Å². The highest BCUT2D eigenvalue weighted by molar-refractivity contribution is 9.10. The number of halogens is 2. The van der Waals surface area contributed by atoms with Crippen molar-refractivity contribution >= 4 is 50.3 Å². The first-order valence-electron chi connectivity index (χ1n) is 12.2. The lowest BCUT2D eigenvalue weighted by Crippen LogP contribution is -2.56. The lowest BCUT2D eigenvalue weighted by atomic mass is 10.1. The third-order valence-electron chi connectivity index (χ3n) is 6.51. The van der Waals surface area contributed by atoms with E-state index in [0.717, 1.165) is 29.2 Å². The molecule has 2 aromatic rings. The molecule has 2 saturated heterocycles. The largest absolute Gasteiger partial charge is 0.462 e. The molecule has 36 heavy (non-hydrogen) atoms. The van der Waals surface area contributed by atoms with E-state index >= 15 is 0 Å². The smallest absolute Gasteiger partial charge is 0.410 e. The van der Waals surface area contributed by atoms with Crippen LogP contribution < -0.4 is 9.64 Å². The van der Waals surface area contributed by atoms with Gasteiger partial charge >= 0.3 is 12.1 Å². The summed E-state index contributed by atoms with van der Waals surface area (Å²) < 4.78 is 12.4. The Kier molecular flexibility index (Phi) is 8.12. The molecule has 1 aromatic carbocycles. The Morgan fingerprint density at radius 2 is 2.03 bits per heavy atom. The zero-order valence-corrected chi connectivity index (χ0v) is 23.5. The van der Waals surface area contributed by atoms with Crippen molar-refractivity contribution in [2.45, 2.75) is 57.7 Å². The molecule has 194 valence electrons. The van der Waals surface area contributed by atoms with Gasteiger partial charge < -0.3 is 24.2 Å². The van der Waals surface area contributed by atoms with Gasteiger partial charge in [-0.2, -0.15) is 15.2 Å². The fraction of sp³-hybridized carbons (Fsp3) is 0.600. The second-order valence-electron chi connectivity index (χ2n) is 10.3. The standard InChI is InChI=1S/C25H32BrClN6O3/c1-25(2,3)36-24(34)33-11-10-32(14-16(33)7-8-28)22-18-12-19(26)20(27)13-21(18)29-23(30-22)35-15-17-6-5-9-31(17)4/h12-13,16-17H,5-7,9-11,14-15H2,1-4H3. The first-order chi connectivity index (χ1) is 17.1.